The molecule has 0 atom stereocenters. The Balaban J connectivity index is 1.33. The van der Waals surface area contributed by atoms with Crippen molar-refractivity contribution in [1.82, 2.24) is 10.2 Å². The molecule has 1 fully saturated rings. The van der Waals surface area contributed by atoms with E-state index in [-0.39, 0.29) is 17.5 Å². The topological polar surface area (TPSA) is 45.5 Å². The molecule has 5 heteroatoms. The third kappa shape index (κ3) is 4.31. The first-order valence-electron chi connectivity index (χ1n) is 9.62. The van der Waals surface area contributed by atoms with Crippen molar-refractivity contribution >= 4 is 5.91 Å². The first kappa shape index (κ1) is 18.4. The maximum atomic E-state index is 13.9. The molecule has 28 heavy (non-hydrogen) atoms. The lowest BCUT2D eigenvalue weighted by atomic mass is 10.1. The van der Waals surface area contributed by atoms with Crippen molar-refractivity contribution in [2.75, 3.05) is 13.1 Å². The summed E-state index contributed by atoms with van der Waals surface area (Å²) in [5.41, 5.74) is 2.66. The van der Waals surface area contributed by atoms with Crippen molar-refractivity contribution in [2.24, 2.45) is 0 Å². The van der Waals surface area contributed by atoms with Gasteiger partial charge in [-0.25, -0.2) is 4.39 Å². The van der Waals surface area contributed by atoms with E-state index in [4.69, 9.17) is 4.42 Å². The summed E-state index contributed by atoms with van der Waals surface area (Å²) in [5.74, 6) is -0.181. The summed E-state index contributed by atoms with van der Waals surface area (Å²) in [6.07, 6.45) is 2.57. The molecule has 0 spiro atoms. The van der Waals surface area contributed by atoms with E-state index in [1.165, 1.54) is 37.6 Å². The maximum absolute atomic E-state index is 13.9. The lowest BCUT2D eigenvalue weighted by Gasteiger charge is -2.14. The average molecular weight is 378 g/mol. The molecule has 0 aliphatic carbocycles. The number of amides is 1. The van der Waals surface area contributed by atoms with Crippen LogP contribution in [0.15, 0.2) is 65.1 Å². The average Bonchev–Trinajstić information content (AvgIpc) is 3.40. The van der Waals surface area contributed by atoms with Gasteiger partial charge in [-0.3, -0.25) is 9.69 Å². The fourth-order valence-corrected chi connectivity index (χ4v) is 3.50. The third-order valence-electron chi connectivity index (χ3n) is 5.05. The molecule has 4 rings (SSSR count). The minimum absolute atomic E-state index is 0.170. The van der Waals surface area contributed by atoms with Crippen LogP contribution in [0.5, 0.6) is 0 Å². The van der Waals surface area contributed by atoms with Crippen LogP contribution in [-0.2, 0) is 13.1 Å². The number of hydrogen-bond acceptors (Lipinski definition) is 3. The summed E-state index contributed by atoms with van der Waals surface area (Å²) in [6.45, 7) is 3.75. The Morgan fingerprint density at radius 1 is 0.964 bits per heavy atom. The van der Waals surface area contributed by atoms with E-state index in [0.29, 0.717) is 17.9 Å². The second kappa shape index (κ2) is 8.40. The number of benzene rings is 2. The van der Waals surface area contributed by atoms with Crippen molar-refractivity contribution < 1.29 is 13.6 Å². The molecule has 1 aromatic heterocycles. The van der Waals surface area contributed by atoms with Crippen molar-refractivity contribution in [3.05, 3.63) is 83.4 Å². The highest BCUT2D eigenvalue weighted by atomic mass is 19.1. The number of carbonyl (C=O) groups excluding carboxylic acids is 1. The molecule has 1 amide bonds. The van der Waals surface area contributed by atoms with Crippen LogP contribution in [-0.4, -0.2) is 23.9 Å². The van der Waals surface area contributed by atoms with Gasteiger partial charge in [0.05, 0.1) is 5.56 Å². The molecule has 1 N–H and O–H groups in total. The smallest absolute Gasteiger partial charge is 0.287 e. The fraction of sp³-hybridized carbons (Fsp3) is 0.261. The van der Waals surface area contributed by atoms with E-state index < -0.39 is 0 Å². The van der Waals surface area contributed by atoms with E-state index in [1.807, 2.05) is 12.1 Å². The van der Waals surface area contributed by atoms with Gasteiger partial charge in [-0.05, 0) is 61.3 Å². The monoisotopic (exact) mass is 378 g/mol. The second-order valence-electron chi connectivity index (χ2n) is 7.13. The van der Waals surface area contributed by atoms with Gasteiger partial charge >= 0.3 is 0 Å². The Labute approximate surface area is 164 Å². The zero-order valence-electron chi connectivity index (χ0n) is 15.7. The molecule has 0 radical (unpaired) electrons. The molecule has 144 valence electrons. The molecule has 0 bridgehead atoms. The van der Waals surface area contributed by atoms with Gasteiger partial charge in [0.25, 0.3) is 5.91 Å². The molecule has 1 saturated heterocycles. The van der Waals surface area contributed by atoms with Crippen LogP contribution in [0.2, 0.25) is 0 Å². The summed E-state index contributed by atoms with van der Waals surface area (Å²) in [6, 6.07) is 17.8. The second-order valence-corrected chi connectivity index (χ2v) is 7.13. The molecule has 2 aromatic carbocycles. The van der Waals surface area contributed by atoms with Crippen molar-refractivity contribution in [1.29, 1.82) is 0 Å². The Kier molecular flexibility index (Phi) is 5.53. The van der Waals surface area contributed by atoms with Gasteiger partial charge in [-0.2, -0.15) is 0 Å². The van der Waals surface area contributed by atoms with E-state index in [9.17, 15) is 9.18 Å². The quantitative estimate of drug-likeness (QED) is 0.681. The van der Waals surface area contributed by atoms with Crippen LogP contribution < -0.4 is 5.32 Å². The maximum Gasteiger partial charge on any atom is 0.287 e. The molecule has 1 aliphatic rings. The number of halogens is 1. The Hall–Kier alpha value is -2.92. The molecule has 4 nitrogen and oxygen atoms in total. The van der Waals surface area contributed by atoms with Crippen LogP contribution >= 0.6 is 0 Å². The van der Waals surface area contributed by atoms with Crippen LogP contribution in [0, 0.1) is 5.82 Å². The standard InChI is InChI=1S/C23H23FN2O2/c24-20-6-2-1-5-19(20)21-11-12-22(28-21)23(27)25-15-17-7-9-18(10-8-17)16-26-13-3-4-14-26/h1-2,5-12H,3-4,13-16H2,(H,25,27). The lowest BCUT2D eigenvalue weighted by Crippen LogP contribution is -2.22. The number of likely N-dealkylation sites (tertiary alicyclic amines) is 1. The van der Waals surface area contributed by atoms with E-state index in [1.54, 1.807) is 30.3 Å². The molecule has 1 aliphatic heterocycles. The number of nitrogens with one attached hydrogen (secondary N) is 1. The first-order valence-corrected chi connectivity index (χ1v) is 9.62. The van der Waals surface area contributed by atoms with Gasteiger partial charge in [-0.1, -0.05) is 36.4 Å². The largest absolute Gasteiger partial charge is 0.451 e. The van der Waals surface area contributed by atoms with Gasteiger partial charge in [-0.15, -0.1) is 0 Å². The van der Waals surface area contributed by atoms with E-state index >= 15 is 0 Å². The van der Waals surface area contributed by atoms with Crippen molar-refractivity contribution in [3.63, 3.8) is 0 Å². The SMILES string of the molecule is O=C(NCc1ccc(CN2CCCC2)cc1)c1ccc(-c2ccccc2F)o1. The number of hydrogen-bond donors (Lipinski definition) is 1. The van der Waals surface area contributed by atoms with Gasteiger partial charge in [0.1, 0.15) is 11.6 Å². The number of furan rings is 1. The minimum Gasteiger partial charge on any atom is -0.451 e. The van der Waals surface area contributed by atoms with Crippen LogP contribution in [0.3, 0.4) is 0 Å². The third-order valence-corrected chi connectivity index (χ3v) is 5.05. The Bertz CT molecular complexity index is 943. The van der Waals surface area contributed by atoms with Crippen LogP contribution in [0.25, 0.3) is 11.3 Å². The minimum atomic E-state index is -0.377. The zero-order chi connectivity index (χ0) is 19.3. The van der Waals surface area contributed by atoms with E-state index in [0.717, 1.165) is 12.1 Å². The van der Waals surface area contributed by atoms with E-state index in [2.05, 4.69) is 22.3 Å². The number of carbonyl (C=O) groups is 1. The van der Waals surface area contributed by atoms with Crippen molar-refractivity contribution in [2.45, 2.75) is 25.9 Å². The molecule has 0 saturated carbocycles. The summed E-state index contributed by atoms with van der Waals surface area (Å²) >= 11 is 0. The summed E-state index contributed by atoms with van der Waals surface area (Å²) in [7, 11) is 0. The molecule has 3 aromatic rings. The van der Waals surface area contributed by atoms with Gasteiger partial charge in [0.2, 0.25) is 0 Å². The molecule has 2 heterocycles. The van der Waals surface area contributed by atoms with Crippen LogP contribution in [0.1, 0.15) is 34.5 Å². The fourth-order valence-electron chi connectivity index (χ4n) is 3.50. The highest BCUT2D eigenvalue weighted by molar-refractivity contribution is 5.92. The highest BCUT2D eigenvalue weighted by Crippen LogP contribution is 2.24. The predicted octanol–water partition coefficient (Wildman–Crippen LogP) is 4.61. The normalized spacial score (nSPS) is 14.3. The Morgan fingerprint density at radius 2 is 1.68 bits per heavy atom. The van der Waals surface area contributed by atoms with Gasteiger partial charge in [0, 0.05) is 13.1 Å². The summed E-state index contributed by atoms with van der Waals surface area (Å²) in [4.78, 5) is 14.8. The molecular formula is C23H23FN2O2. The first-order chi connectivity index (χ1) is 13.7. The Morgan fingerprint density at radius 3 is 2.43 bits per heavy atom. The zero-order valence-corrected chi connectivity index (χ0v) is 15.7. The van der Waals surface area contributed by atoms with Gasteiger partial charge in [0.15, 0.2) is 5.76 Å². The molecular weight excluding hydrogens is 355 g/mol. The van der Waals surface area contributed by atoms with Gasteiger partial charge < -0.3 is 9.73 Å². The number of nitrogens with zero attached hydrogens (tertiary/aromatic N) is 1. The number of rotatable bonds is 6. The summed E-state index contributed by atoms with van der Waals surface area (Å²) in [5, 5.41) is 2.85. The summed E-state index contributed by atoms with van der Waals surface area (Å²) < 4.78 is 19.4. The predicted molar refractivity (Wildman–Crippen MR) is 106 cm³/mol. The van der Waals surface area contributed by atoms with Crippen LogP contribution in [0.4, 0.5) is 4.39 Å². The van der Waals surface area contributed by atoms with Crippen molar-refractivity contribution in [3.8, 4) is 11.3 Å². The lowest BCUT2D eigenvalue weighted by molar-refractivity contribution is 0.0924. The molecule has 0 unspecified atom stereocenters. The highest BCUT2D eigenvalue weighted by Gasteiger charge is 2.14.